The van der Waals surface area contributed by atoms with E-state index in [1.807, 2.05) is 54.6 Å². The zero-order valence-electron chi connectivity index (χ0n) is 17.8. The second kappa shape index (κ2) is 9.26. The van der Waals surface area contributed by atoms with Gasteiger partial charge in [0.25, 0.3) is 5.56 Å². The number of carbonyl (C=O) groups is 1. The van der Waals surface area contributed by atoms with Crippen LogP contribution in [0.3, 0.4) is 0 Å². The van der Waals surface area contributed by atoms with Crippen LogP contribution >= 0.6 is 27.3 Å². The number of nitrogens with zero attached hydrogens (tertiary/aromatic N) is 2. The zero-order valence-corrected chi connectivity index (χ0v) is 20.2. The smallest absolute Gasteiger partial charge is 0.338 e. The molecule has 164 valence electrons. The topological polar surface area (TPSA) is 69.9 Å². The van der Waals surface area contributed by atoms with Crippen LogP contribution in [-0.2, 0) is 9.53 Å². The zero-order chi connectivity index (χ0) is 22.8. The molecule has 2 aromatic carbocycles. The summed E-state index contributed by atoms with van der Waals surface area (Å²) in [5.41, 5.74) is 2.23. The fourth-order valence-electron chi connectivity index (χ4n) is 3.69. The molecule has 6 nitrogen and oxygen atoms in total. The summed E-state index contributed by atoms with van der Waals surface area (Å²) in [6, 6.07) is 14.4. The lowest BCUT2D eigenvalue weighted by Gasteiger charge is -2.25. The second-order valence-electron chi connectivity index (χ2n) is 7.10. The van der Waals surface area contributed by atoms with Gasteiger partial charge in [-0.15, -0.1) is 0 Å². The molecule has 1 atom stereocenters. The van der Waals surface area contributed by atoms with Crippen LogP contribution in [0.25, 0.3) is 6.08 Å². The lowest BCUT2D eigenvalue weighted by molar-refractivity contribution is -0.139. The van der Waals surface area contributed by atoms with Crippen molar-refractivity contribution in [2.75, 3.05) is 13.7 Å². The van der Waals surface area contributed by atoms with Gasteiger partial charge in [0.15, 0.2) is 4.80 Å². The Hall–Kier alpha value is -2.97. The number of esters is 1. The Balaban J connectivity index is 1.98. The molecule has 1 aliphatic heterocycles. The lowest BCUT2D eigenvalue weighted by Crippen LogP contribution is -2.40. The molecule has 0 aliphatic carbocycles. The molecular formula is C24H21BrN2O4S. The van der Waals surface area contributed by atoms with Crippen LogP contribution in [0.15, 0.2) is 74.1 Å². The van der Waals surface area contributed by atoms with E-state index in [9.17, 15) is 9.59 Å². The third-order valence-corrected chi connectivity index (χ3v) is 6.63. The van der Waals surface area contributed by atoms with Crippen molar-refractivity contribution in [2.45, 2.75) is 19.9 Å². The van der Waals surface area contributed by atoms with Crippen molar-refractivity contribution in [3.63, 3.8) is 0 Å². The van der Waals surface area contributed by atoms with Crippen LogP contribution in [-0.4, -0.2) is 24.3 Å². The number of carbonyl (C=O) groups excluding carboxylic acids is 1. The van der Waals surface area contributed by atoms with Crippen LogP contribution < -0.4 is 19.6 Å². The van der Waals surface area contributed by atoms with E-state index in [1.165, 1.54) is 11.3 Å². The van der Waals surface area contributed by atoms with Crippen molar-refractivity contribution in [3.05, 3.63) is 95.1 Å². The molecule has 0 amide bonds. The Labute approximate surface area is 197 Å². The molecular weight excluding hydrogens is 492 g/mol. The third kappa shape index (κ3) is 4.08. The summed E-state index contributed by atoms with van der Waals surface area (Å²) in [5.74, 6) is 0.0864. The fourth-order valence-corrected chi connectivity index (χ4v) is 5.00. The SMILES string of the molecule is CCOC(=O)C1=C(C)N=c2s/c(=C/c3ccc(Br)cc3)c(=O)n2[C@@H]1c1ccccc1OC. The van der Waals surface area contributed by atoms with E-state index in [4.69, 9.17) is 9.47 Å². The number of benzene rings is 2. The summed E-state index contributed by atoms with van der Waals surface area (Å²) in [6.45, 7) is 3.74. The summed E-state index contributed by atoms with van der Waals surface area (Å²) < 4.78 is 13.9. The van der Waals surface area contributed by atoms with E-state index >= 15 is 0 Å². The van der Waals surface area contributed by atoms with Gasteiger partial charge in [0.1, 0.15) is 11.8 Å². The fraction of sp³-hybridized carbons (Fsp3) is 0.208. The van der Waals surface area contributed by atoms with Crippen LogP contribution in [0, 0.1) is 0 Å². The average Bonchev–Trinajstić information content (AvgIpc) is 3.09. The number of hydrogen-bond acceptors (Lipinski definition) is 6. The molecule has 1 aromatic heterocycles. The number of para-hydroxylation sites is 1. The molecule has 32 heavy (non-hydrogen) atoms. The minimum absolute atomic E-state index is 0.220. The van der Waals surface area contributed by atoms with E-state index in [2.05, 4.69) is 20.9 Å². The van der Waals surface area contributed by atoms with E-state index in [0.717, 1.165) is 10.0 Å². The number of rotatable bonds is 5. The maximum Gasteiger partial charge on any atom is 0.338 e. The number of hydrogen-bond donors (Lipinski definition) is 0. The Morgan fingerprint density at radius 1 is 1.22 bits per heavy atom. The van der Waals surface area contributed by atoms with E-state index in [0.29, 0.717) is 31.9 Å². The van der Waals surface area contributed by atoms with Gasteiger partial charge in [-0.1, -0.05) is 57.6 Å². The first-order valence-electron chi connectivity index (χ1n) is 10.0. The molecule has 0 radical (unpaired) electrons. The Morgan fingerprint density at radius 2 is 1.94 bits per heavy atom. The number of allylic oxidation sites excluding steroid dienone is 1. The number of ether oxygens (including phenoxy) is 2. The maximum atomic E-state index is 13.6. The highest BCUT2D eigenvalue weighted by atomic mass is 79.9. The molecule has 0 unspecified atom stereocenters. The molecule has 0 spiro atoms. The Bertz CT molecular complexity index is 1390. The van der Waals surface area contributed by atoms with Gasteiger partial charge in [-0.25, -0.2) is 9.79 Å². The molecule has 0 saturated heterocycles. The van der Waals surface area contributed by atoms with E-state index in [1.54, 1.807) is 25.5 Å². The molecule has 0 N–H and O–H groups in total. The average molecular weight is 513 g/mol. The van der Waals surface area contributed by atoms with Gasteiger partial charge in [-0.05, 0) is 43.7 Å². The normalized spacial score (nSPS) is 15.9. The van der Waals surface area contributed by atoms with Gasteiger partial charge in [-0.2, -0.15) is 0 Å². The van der Waals surface area contributed by atoms with E-state index < -0.39 is 12.0 Å². The quantitative estimate of drug-likeness (QED) is 0.490. The van der Waals surface area contributed by atoms with Crippen LogP contribution in [0.1, 0.15) is 31.0 Å². The second-order valence-corrected chi connectivity index (χ2v) is 9.02. The van der Waals surface area contributed by atoms with Crippen molar-refractivity contribution in [3.8, 4) is 5.75 Å². The highest BCUT2D eigenvalue weighted by Crippen LogP contribution is 2.35. The van der Waals surface area contributed by atoms with Crippen molar-refractivity contribution in [1.82, 2.24) is 4.57 Å². The molecule has 2 heterocycles. The first kappa shape index (κ1) is 22.2. The van der Waals surface area contributed by atoms with E-state index in [-0.39, 0.29) is 12.2 Å². The van der Waals surface area contributed by atoms with Crippen molar-refractivity contribution >= 4 is 39.3 Å². The van der Waals surface area contributed by atoms with Gasteiger partial charge in [0.2, 0.25) is 0 Å². The molecule has 0 bridgehead atoms. The van der Waals surface area contributed by atoms with Gasteiger partial charge >= 0.3 is 5.97 Å². The van der Waals surface area contributed by atoms with Gasteiger partial charge < -0.3 is 9.47 Å². The van der Waals surface area contributed by atoms with Crippen molar-refractivity contribution in [2.24, 2.45) is 4.99 Å². The number of fused-ring (bicyclic) bond motifs is 1. The highest BCUT2D eigenvalue weighted by molar-refractivity contribution is 9.10. The Morgan fingerprint density at radius 3 is 2.62 bits per heavy atom. The molecule has 1 aliphatic rings. The predicted molar refractivity (Wildman–Crippen MR) is 128 cm³/mol. The molecule has 0 fully saturated rings. The minimum Gasteiger partial charge on any atom is -0.496 e. The van der Waals surface area contributed by atoms with Crippen LogP contribution in [0.4, 0.5) is 0 Å². The number of methoxy groups -OCH3 is 1. The van der Waals surface area contributed by atoms with Gasteiger partial charge in [0, 0.05) is 10.0 Å². The highest BCUT2D eigenvalue weighted by Gasteiger charge is 2.34. The number of thiazole rings is 1. The Kier molecular flexibility index (Phi) is 6.43. The monoisotopic (exact) mass is 512 g/mol. The molecule has 0 saturated carbocycles. The van der Waals surface area contributed by atoms with Crippen LogP contribution in [0.2, 0.25) is 0 Å². The van der Waals surface area contributed by atoms with Gasteiger partial charge in [-0.3, -0.25) is 9.36 Å². The minimum atomic E-state index is -0.700. The van der Waals surface area contributed by atoms with Gasteiger partial charge in [0.05, 0.1) is 29.5 Å². The van der Waals surface area contributed by atoms with Crippen molar-refractivity contribution < 1.29 is 14.3 Å². The third-order valence-electron chi connectivity index (χ3n) is 5.12. The first-order chi connectivity index (χ1) is 15.4. The molecule has 4 rings (SSSR count). The lowest BCUT2D eigenvalue weighted by atomic mass is 9.95. The van der Waals surface area contributed by atoms with Crippen molar-refractivity contribution in [1.29, 1.82) is 0 Å². The van der Waals surface area contributed by atoms with Crippen LogP contribution in [0.5, 0.6) is 5.75 Å². The molecule has 3 aromatic rings. The largest absolute Gasteiger partial charge is 0.496 e. The summed E-state index contributed by atoms with van der Waals surface area (Å²) in [6.07, 6.45) is 1.83. The number of aromatic nitrogens is 1. The summed E-state index contributed by atoms with van der Waals surface area (Å²) in [5, 5.41) is 0. The summed E-state index contributed by atoms with van der Waals surface area (Å²) in [7, 11) is 1.57. The summed E-state index contributed by atoms with van der Waals surface area (Å²) >= 11 is 4.72. The maximum absolute atomic E-state index is 13.6. The predicted octanol–water partition coefficient (Wildman–Crippen LogP) is 3.57. The number of halogens is 1. The first-order valence-corrected chi connectivity index (χ1v) is 11.6. The molecule has 8 heteroatoms. The summed E-state index contributed by atoms with van der Waals surface area (Å²) in [4.78, 5) is 31.6. The standard InChI is InChI=1S/C24H21BrN2O4S/c1-4-31-23(29)20-14(2)26-24-27(21(20)17-7-5-6-8-18(17)30-3)22(28)19(32-24)13-15-9-11-16(25)12-10-15/h5-13,21H,4H2,1-3H3/b19-13+/t21-/m1/s1.